The van der Waals surface area contributed by atoms with Gasteiger partial charge in [0.15, 0.2) is 9.84 Å². The maximum atomic E-state index is 13.0. The Morgan fingerprint density at radius 2 is 1.82 bits per heavy atom. The summed E-state index contributed by atoms with van der Waals surface area (Å²) in [6.07, 6.45) is -9.14. The second-order valence-electron chi connectivity index (χ2n) is 5.55. The van der Waals surface area contributed by atoms with Gasteiger partial charge in [0, 0.05) is 0 Å². The van der Waals surface area contributed by atoms with Gasteiger partial charge in [-0.2, -0.15) is 26.3 Å². The van der Waals surface area contributed by atoms with Crippen molar-refractivity contribution < 1.29 is 34.8 Å². The lowest BCUT2D eigenvalue weighted by molar-refractivity contribution is -0.137. The van der Waals surface area contributed by atoms with Gasteiger partial charge in [0.25, 0.3) is 0 Å². The van der Waals surface area contributed by atoms with E-state index in [1.165, 1.54) is 13.8 Å². The highest BCUT2D eigenvalue weighted by molar-refractivity contribution is 7.91. The van der Waals surface area contributed by atoms with E-state index in [2.05, 4.69) is 10.3 Å². The van der Waals surface area contributed by atoms with Crippen molar-refractivity contribution in [2.24, 2.45) is 0 Å². The number of allylic oxidation sites excluding steroid dienone is 1. The quantitative estimate of drug-likeness (QED) is 0.646. The normalized spacial score (nSPS) is 13.8. The number of nitrogens with zero attached hydrogens (tertiary/aromatic N) is 3. The molecule has 0 saturated carbocycles. The van der Waals surface area contributed by atoms with Crippen molar-refractivity contribution in [3.8, 4) is 5.69 Å². The standard InChI is InChI=1S/C15H12ClF6N3O2S/c1-3-28(26,27)12-6-9(14(17,18)19)4-5-11(12)25-8(2)10(23-24-25)7-13(16)15(20,21)22/h4-7H,3H2,1-2H3/b13-7-. The van der Waals surface area contributed by atoms with Crippen LogP contribution in [0.2, 0.25) is 0 Å². The lowest BCUT2D eigenvalue weighted by atomic mass is 10.2. The van der Waals surface area contributed by atoms with Gasteiger partial charge in [-0.15, -0.1) is 5.10 Å². The molecule has 154 valence electrons. The van der Waals surface area contributed by atoms with E-state index in [0.717, 1.165) is 10.7 Å². The molecule has 0 aliphatic rings. The highest BCUT2D eigenvalue weighted by Gasteiger charge is 2.34. The lowest BCUT2D eigenvalue weighted by Crippen LogP contribution is -2.14. The molecule has 13 heteroatoms. The first-order valence-electron chi connectivity index (χ1n) is 7.49. The van der Waals surface area contributed by atoms with E-state index < -0.39 is 43.4 Å². The van der Waals surface area contributed by atoms with E-state index >= 15 is 0 Å². The van der Waals surface area contributed by atoms with Gasteiger partial charge in [-0.05, 0) is 31.2 Å². The zero-order valence-electron chi connectivity index (χ0n) is 14.2. The van der Waals surface area contributed by atoms with Crippen LogP contribution in [0.1, 0.15) is 23.9 Å². The smallest absolute Gasteiger partial charge is 0.224 e. The van der Waals surface area contributed by atoms with Crippen molar-refractivity contribution in [1.29, 1.82) is 0 Å². The number of rotatable bonds is 4. The third kappa shape index (κ3) is 4.49. The Labute approximate surface area is 160 Å². The number of hydrogen-bond donors (Lipinski definition) is 0. The molecule has 1 aromatic heterocycles. The van der Waals surface area contributed by atoms with Crippen molar-refractivity contribution in [3.63, 3.8) is 0 Å². The molecular weight excluding hydrogens is 436 g/mol. The monoisotopic (exact) mass is 447 g/mol. The second-order valence-corrected chi connectivity index (χ2v) is 8.20. The van der Waals surface area contributed by atoms with Gasteiger partial charge in [0.05, 0.1) is 27.6 Å². The molecule has 1 heterocycles. The predicted molar refractivity (Wildman–Crippen MR) is 88.7 cm³/mol. The van der Waals surface area contributed by atoms with Gasteiger partial charge in [-0.3, -0.25) is 0 Å². The Morgan fingerprint density at radius 1 is 1.21 bits per heavy atom. The summed E-state index contributed by atoms with van der Waals surface area (Å²) >= 11 is 5.15. The summed E-state index contributed by atoms with van der Waals surface area (Å²) in [5, 5.41) is 5.58. The molecule has 0 spiro atoms. The van der Waals surface area contributed by atoms with E-state index in [1.54, 1.807) is 0 Å². The van der Waals surface area contributed by atoms with Crippen molar-refractivity contribution in [2.75, 3.05) is 5.75 Å². The topological polar surface area (TPSA) is 64.8 Å². The Kier molecular flexibility index (Phi) is 5.86. The molecule has 0 saturated heterocycles. The number of halogens is 7. The minimum absolute atomic E-state index is 0.0466. The molecule has 28 heavy (non-hydrogen) atoms. The fraction of sp³-hybridized carbons (Fsp3) is 0.333. The lowest BCUT2D eigenvalue weighted by Gasteiger charge is -2.14. The number of sulfone groups is 1. The Balaban J connectivity index is 2.70. The highest BCUT2D eigenvalue weighted by atomic mass is 35.5. The largest absolute Gasteiger partial charge is 0.427 e. The Bertz CT molecular complexity index is 1030. The molecule has 0 aliphatic carbocycles. The molecule has 0 unspecified atom stereocenters. The predicted octanol–water partition coefficient (Wildman–Crippen LogP) is 4.53. The van der Waals surface area contributed by atoms with Crippen molar-refractivity contribution in [1.82, 2.24) is 15.0 Å². The van der Waals surface area contributed by atoms with Gasteiger partial charge >= 0.3 is 12.4 Å². The third-order valence-corrected chi connectivity index (χ3v) is 5.78. The average molecular weight is 448 g/mol. The van der Waals surface area contributed by atoms with Crippen LogP contribution in [-0.4, -0.2) is 35.3 Å². The van der Waals surface area contributed by atoms with Crippen LogP contribution in [0.5, 0.6) is 0 Å². The van der Waals surface area contributed by atoms with Gasteiger partial charge in [-0.25, -0.2) is 13.1 Å². The molecule has 2 aromatic rings. The number of aromatic nitrogens is 3. The van der Waals surface area contributed by atoms with Crippen LogP contribution in [0.4, 0.5) is 26.3 Å². The van der Waals surface area contributed by atoms with E-state index in [0.29, 0.717) is 18.2 Å². The van der Waals surface area contributed by atoms with Crippen LogP contribution in [0.25, 0.3) is 11.8 Å². The molecule has 0 amide bonds. The van der Waals surface area contributed by atoms with Crippen LogP contribution < -0.4 is 0 Å². The van der Waals surface area contributed by atoms with Gasteiger partial charge in [-0.1, -0.05) is 23.7 Å². The van der Waals surface area contributed by atoms with E-state index in [-0.39, 0.29) is 17.1 Å². The summed E-state index contributed by atoms with van der Waals surface area (Å²) in [5.41, 5.74) is -1.83. The van der Waals surface area contributed by atoms with E-state index in [1.807, 2.05) is 0 Å². The molecule has 5 nitrogen and oxygen atoms in total. The fourth-order valence-corrected chi connectivity index (χ4v) is 3.37. The maximum absolute atomic E-state index is 13.0. The summed E-state index contributed by atoms with van der Waals surface area (Å²) in [6, 6.07) is 1.96. The molecule has 0 radical (unpaired) electrons. The highest BCUT2D eigenvalue weighted by Crippen LogP contribution is 2.34. The second kappa shape index (κ2) is 7.39. The van der Waals surface area contributed by atoms with Crippen molar-refractivity contribution in [2.45, 2.75) is 31.1 Å². The SMILES string of the molecule is CCS(=O)(=O)c1cc(C(F)(F)F)ccc1-n1nnc(/C=C(\Cl)C(F)(F)F)c1C. The first-order valence-corrected chi connectivity index (χ1v) is 9.52. The Hall–Kier alpha value is -2.08. The fourth-order valence-electron chi connectivity index (χ4n) is 2.17. The van der Waals surface area contributed by atoms with Crippen LogP contribution >= 0.6 is 11.6 Å². The summed E-state index contributed by atoms with van der Waals surface area (Å²) in [5.74, 6) is -0.498. The molecule has 0 N–H and O–H groups in total. The van der Waals surface area contributed by atoms with Crippen LogP contribution in [0.15, 0.2) is 28.1 Å². The zero-order chi connectivity index (χ0) is 21.5. The van der Waals surface area contributed by atoms with Gasteiger partial charge in [0.1, 0.15) is 10.7 Å². The van der Waals surface area contributed by atoms with Crippen molar-refractivity contribution in [3.05, 3.63) is 40.2 Å². The molecule has 0 bridgehead atoms. The van der Waals surface area contributed by atoms with E-state index in [4.69, 9.17) is 11.6 Å². The molecule has 1 aromatic carbocycles. The summed E-state index contributed by atoms with van der Waals surface area (Å²) in [4.78, 5) is -0.671. The van der Waals surface area contributed by atoms with Crippen LogP contribution in [-0.2, 0) is 16.0 Å². The van der Waals surface area contributed by atoms with E-state index in [9.17, 15) is 34.8 Å². The summed E-state index contributed by atoms with van der Waals surface area (Å²) < 4.78 is 102. The number of hydrogen-bond acceptors (Lipinski definition) is 4. The first-order chi connectivity index (χ1) is 12.7. The first kappa shape index (κ1) is 22.2. The molecule has 0 atom stereocenters. The molecule has 0 aliphatic heterocycles. The van der Waals surface area contributed by atoms with Crippen LogP contribution in [0.3, 0.4) is 0 Å². The third-order valence-electron chi connectivity index (χ3n) is 3.69. The minimum atomic E-state index is -4.83. The average Bonchev–Trinajstić information content (AvgIpc) is 2.93. The molecule has 0 fully saturated rings. The summed E-state index contributed by atoms with van der Waals surface area (Å²) in [6.45, 7) is 2.51. The number of benzene rings is 1. The maximum Gasteiger partial charge on any atom is 0.427 e. The zero-order valence-corrected chi connectivity index (χ0v) is 15.8. The van der Waals surface area contributed by atoms with Crippen LogP contribution in [0, 0.1) is 6.92 Å². The molecular formula is C15H12ClF6N3O2S. The number of alkyl halides is 6. The van der Waals surface area contributed by atoms with Gasteiger partial charge < -0.3 is 0 Å². The summed E-state index contributed by atoms with van der Waals surface area (Å²) in [7, 11) is -4.12. The minimum Gasteiger partial charge on any atom is -0.224 e. The van der Waals surface area contributed by atoms with Gasteiger partial charge in [0.2, 0.25) is 0 Å². The Morgan fingerprint density at radius 3 is 2.32 bits per heavy atom. The molecule has 2 rings (SSSR count). The van der Waals surface area contributed by atoms with Crippen molar-refractivity contribution >= 4 is 27.5 Å².